The Morgan fingerprint density at radius 1 is 0.489 bits per heavy atom. The summed E-state index contributed by atoms with van der Waals surface area (Å²) in [7, 11) is 0. The van der Waals surface area contributed by atoms with Gasteiger partial charge >= 0.3 is 5.97 Å². The molecule has 0 radical (unpaired) electrons. The summed E-state index contributed by atoms with van der Waals surface area (Å²) in [5.74, 6) is -13.6. The number of benzene rings is 2. The molecule has 488 valence electrons. The summed E-state index contributed by atoms with van der Waals surface area (Å²) in [6.45, 7) is 4.65. The van der Waals surface area contributed by atoms with E-state index in [-0.39, 0.29) is 69.2 Å². The van der Waals surface area contributed by atoms with Gasteiger partial charge in [0.05, 0.1) is 25.7 Å². The maximum Gasteiger partial charge on any atom is 0.326 e. The van der Waals surface area contributed by atoms with Gasteiger partial charge in [0.1, 0.15) is 60.1 Å². The van der Waals surface area contributed by atoms with Crippen molar-refractivity contribution in [3.63, 3.8) is 0 Å². The third kappa shape index (κ3) is 28.0. The maximum atomic E-state index is 14.3. The molecule has 32 nitrogen and oxygen atoms in total. The fourth-order valence-electron chi connectivity index (χ4n) is 8.58. The number of carbonyl (C=O) groups is 12. The number of phenolic OH excluding ortho intramolecular Hbond substituents is 1. The first kappa shape index (κ1) is 75.1. The fraction of sp³-hybridized carbons (Fsp3) is 0.554. The molecule has 10 atom stereocenters. The maximum absolute atomic E-state index is 14.3. The number of nitrogens with two attached hydrogens (primary N) is 6. The van der Waals surface area contributed by atoms with Crippen LogP contribution in [0.3, 0.4) is 0 Å². The number of nitrogens with zero attached hydrogens (tertiary/aromatic N) is 1. The second-order valence-corrected chi connectivity index (χ2v) is 21.6. The average molecular weight is 1240 g/mol. The van der Waals surface area contributed by atoms with Crippen molar-refractivity contribution < 1.29 is 78.0 Å². The van der Waals surface area contributed by atoms with E-state index in [2.05, 4.69) is 52.8 Å². The van der Waals surface area contributed by atoms with Crippen LogP contribution in [0, 0.1) is 11.8 Å². The number of amides is 11. The first-order chi connectivity index (χ1) is 41.5. The van der Waals surface area contributed by atoms with Crippen LogP contribution >= 0.6 is 0 Å². The van der Waals surface area contributed by atoms with Crippen LogP contribution in [0.25, 0.3) is 0 Å². The van der Waals surface area contributed by atoms with E-state index in [0.29, 0.717) is 24.0 Å². The van der Waals surface area contributed by atoms with Crippen molar-refractivity contribution >= 4 is 76.9 Å². The Morgan fingerprint density at radius 2 is 0.920 bits per heavy atom. The second-order valence-electron chi connectivity index (χ2n) is 21.6. The van der Waals surface area contributed by atoms with Gasteiger partial charge in [0.25, 0.3) is 0 Å². The number of hydrogen-bond donors (Lipinski definition) is 19. The molecule has 0 spiro atoms. The van der Waals surface area contributed by atoms with Crippen LogP contribution in [0.5, 0.6) is 5.75 Å². The van der Waals surface area contributed by atoms with E-state index in [9.17, 15) is 78.0 Å². The lowest BCUT2D eigenvalue weighted by atomic mass is 9.99. The average Bonchev–Trinajstić information content (AvgIpc) is 3.18. The second kappa shape index (κ2) is 38.9. The number of hydrogen-bond acceptors (Lipinski definition) is 18. The lowest BCUT2D eigenvalue weighted by Crippen LogP contribution is -2.62. The lowest BCUT2D eigenvalue weighted by Gasteiger charge is -2.29. The molecule has 2 aromatic rings. The fourth-order valence-corrected chi connectivity index (χ4v) is 8.58. The predicted octanol–water partition coefficient (Wildman–Crippen LogP) is -6.04. The van der Waals surface area contributed by atoms with Crippen molar-refractivity contribution in [3.8, 4) is 5.75 Å². The standard InChI is InChI=1S/C56H88N16O16/c1-29(2)23-38(50(82)66-37(19-20-43(59)76)48(80)70-42(28-74)53(85)69-40(55(87)88)25-32-15-17-33(75)18-16-32)67-47(79)36(14-10-22-63-56(61)62)65-52(84)41(27-73)71-51(83)39(24-31-11-6-5-7-12-31)68-54(86)45(30(3)4)72-49(81)35(13-8-9-21-57)64-46(78)34(58)26-44(60)77/h5-7,11-12,15-18,29-30,34-42,45,73-75H,8-10,13-14,19-28,57-58H2,1-4H3,(H2,59,76)(H2,60,77)(H,64,78)(H,65,84)(H,66,82)(H,67,79)(H,68,86)(H,69,85)(H,70,80)(H,71,83)(H,72,81)(H,87,88)(H4,61,62,63)/t34-,35-,36-,37-,38-,39-,40-,41-,42-,45-/m0/s1. The number of unbranched alkanes of at least 4 members (excludes halogenated alkanes) is 1. The molecule has 0 saturated carbocycles. The van der Waals surface area contributed by atoms with Crippen molar-refractivity contribution in [2.24, 2.45) is 51.2 Å². The van der Waals surface area contributed by atoms with Gasteiger partial charge in [-0.1, -0.05) is 70.2 Å². The van der Waals surface area contributed by atoms with E-state index < -0.39 is 170 Å². The van der Waals surface area contributed by atoms with Crippen LogP contribution in [-0.4, -0.2) is 184 Å². The molecule has 2 aromatic carbocycles. The number of aromatic hydroxyl groups is 1. The van der Waals surface area contributed by atoms with Crippen LogP contribution in [0.1, 0.15) is 96.6 Å². The molecule has 0 bridgehead atoms. The Bertz CT molecular complexity index is 2700. The number of aliphatic hydroxyl groups is 2. The summed E-state index contributed by atoms with van der Waals surface area (Å²) < 4.78 is 0. The number of primary amides is 2. The van der Waals surface area contributed by atoms with Crippen molar-refractivity contribution in [1.29, 1.82) is 0 Å². The lowest BCUT2D eigenvalue weighted by molar-refractivity contribution is -0.142. The summed E-state index contributed by atoms with van der Waals surface area (Å²) in [6.07, 6.45) is -1.35. The number of rotatable bonds is 41. The van der Waals surface area contributed by atoms with Gasteiger partial charge in [0.2, 0.25) is 65.0 Å². The summed E-state index contributed by atoms with van der Waals surface area (Å²) in [5.41, 5.74) is 34.0. The molecule has 32 heteroatoms. The monoisotopic (exact) mass is 1240 g/mol. The van der Waals surface area contributed by atoms with E-state index in [0.717, 1.165) is 0 Å². The van der Waals surface area contributed by atoms with E-state index in [1.165, 1.54) is 24.3 Å². The third-order valence-electron chi connectivity index (χ3n) is 13.4. The number of carbonyl (C=O) groups excluding carboxylic acids is 11. The minimum Gasteiger partial charge on any atom is -0.508 e. The van der Waals surface area contributed by atoms with Crippen molar-refractivity contribution in [1.82, 2.24) is 47.9 Å². The van der Waals surface area contributed by atoms with Crippen molar-refractivity contribution in [2.75, 3.05) is 26.3 Å². The quantitative estimate of drug-likeness (QED) is 0.0167. The molecule has 88 heavy (non-hydrogen) atoms. The van der Waals surface area contributed by atoms with Gasteiger partial charge in [-0.25, -0.2) is 4.79 Å². The third-order valence-corrected chi connectivity index (χ3v) is 13.4. The number of aliphatic carboxylic acids is 1. The van der Waals surface area contributed by atoms with Crippen LogP contribution in [0.4, 0.5) is 0 Å². The van der Waals surface area contributed by atoms with E-state index in [4.69, 9.17) is 34.4 Å². The van der Waals surface area contributed by atoms with Gasteiger partial charge in [0.15, 0.2) is 5.96 Å². The SMILES string of the molecule is CC(C)C[C@H](NC(=O)[C@H](CCCN=C(N)N)NC(=O)[C@H](CO)NC(=O)[C@H](Cc1ccccc1)NC(=O)[C@@H](NC(=O)[C@H](CCCCN)NC(=O)[C@@H](N)CC(N)=O)C(C)C)C(=O)N[C@@H](CCC(N)=O)C(=O)N[C@@H](CO)C(=O)N[C@@H](Cc1ccc(O)cc1)C(=O)O. The topological polar surface area (TPSA) is 563 Å². The van der Waals surface area contributed by atoms with Crippen LogP contribution in [0.15, 0.2) is 59.6 Å². The zero-order chi connectivity index (χ0) is 66.2. The molecular weight excluding hydrogens is 1150 g/mol. The van der Waals surface area contributed by atoms with E-state index >= 15 is 0 Å². The molecular formula is C56H88N16O16. The van der Waals surface area contributed by atoms with Gasteiger partial charge < -0.3 is 103 Å². The summed E-state index contributed by atoms with van der Waals surface area (Å²) in [6, 6.07) is -1.61. The first-order valence-corrected chi connectivity index (χ1v) is 28.6. The van der Waals surface area contributed by atoms with Crippen molar-refractivity contribution in [3.05, 3.63) is 65.7 Å². The minimum atomic E-state index is -1.81. The molecule has 0 fully saturated rings. The Balaban J connectivity index is 2.45. The molecule has 0 aromatic heterocycles. The highest BCUT2D eigenvalue weighted by Crippen LogP contribution is 2.14. The number of guanidine groups is 1. The predicted molar refractivity (Wildman–Crippen MR) is 318 cm³/mol. The normalized spacial score (nSPS) is 14.5. The highest BCUT2D eigenvalue weighted by molar-refractivity contribution is 5.99. The number of carboxylic acids is 1. The smallest absolute Gasteiger partial charge is 0.326 e. The number of aliphatic imine (C=N–C) groups is 1. The number of nitrogens with one attached hydrogen (secondary N) is 9. The summed E-state index contributed by atoms with van der Waals surface area (Å²) in [5, 5.41) is 62.3. The molecule has 0 unspecified atom stereocenters. The zero-order valence-electron chi connectivity index (χ0n) is 49.8. The minimum absolute atomic E-state index is 0.0227. The molecule has 0 aliphatic rings. The number of aliphatic hydroxyl groups excluding tert-OH is 2. The molecule has 11 amide bonds. The first-order valence-electron chi connectivity index (χ1n) is 28.6. The molecule has 25 N–H and O–H groups in total. The van der Waals surface area contributed by atoms with Crippen molar-refractivity contribution in [2.45, 2.75) is 159 Å². The Morgan fingerprint density at radius 3 is 1.41 bits per heavy atom. The van der Waals surface area contributed by atoms with Gasteiger partial charge in [-0.2, -0.15) is 0 Å². The molecule has 0 saturated heterocycles. The molecule has 0 heterocycles. The Hall–Kier alpha value is -9.01. The highest BCUT2D eigenvalue weighted by Gasteiger charge is 2.37. The Labute approximate surface area is 509 Å². The van der Waals surface area contributed by atoms with Gasteiger partial charge in [0, 0.05) is 25.8 Å². The van der Waals surface area contributed by atoms with Gasteiger partial charge in [-0.3, -0.25) is 57.7 Å². The molecule has 0 aliphatic carbocycles. The van der Waals surface area contributed by atoms with Gasteiger partial charge in [-0.15, -0.1) is 0 Å². The van der Waals surface area contributed by atoms with Crippen LogP contribution < -0.4 is 82.3 Å². The molecule has 2 rings (SSSR count). The molecule has 0 aliphatic heterocycles. The van der Waals surface area contributed by atoms with Crippen LogP contribution in [0.2, 0.25) is 0 Å². The summed E-state index contributed by atoms with van der Waals surface area (Å²) >= 11 is 0. The van der Waals surface area contributed by atoms with Gasteiger partial charge in [-0.05, 0) is 86.6 Å². The number of carboxylic acid groups (broad SMARTS) is 1. The van der Waals surface area contributed by atoms with E-state index in [1.807, 2.05) is 0 Å². The summed E-state index contributed by atoms with van der Waals surface area (Å²) in [4.78, 5) is 164. The zero-order valence-corrected chi connectivity index (χ0v) is 49.8. The highest BCUT2D eigenvalue weighted by atomic mass is 16.4. The van der Waals surface area contributed by atoms with Crippen LogP contribution in [-0.2, 0) is 70.4 Å². The number of phenols is 1. The van der Waals surface area contributed by atoms with E-state index in [1.54, 1.807) is 58.0 Å². The largest absolute Gasteiger partial charge is 0.508 e. The Kier molecular flexibility index (Phi) is 33.2.